The third-order valence-electron chi connectivity index (χ3n) is 4.44. The summed E-state index contributed by atoms with van der Waals surface area (Å²) in [6.07, 6.45) is 0. The molecule has 1 aliphatic rings. The van der Waals surface area contributed by atoms with Gasteiger partial charge in [-0.2, -0.15) is 0 Å². The predicted molar refractivity (Wildman–Crippen MR) is 95.2 cm³/mol. The largest absolute Gasteiger partial charge is 0.489 e. The number of nitrogens with zero attached hydrogens (tertiary/aromatic N) is 2. The van der Waals surface area contributed by atoms with Crippen LogP contribution >= 0.6 is 0 Å². The van der Waals surface area contributed by atoms with Crippen LogP contribution < -0.4 is 4.74 Å². The van der Waals surface area contributed by atoms with Gasteiger partial charge in [0.1, 0.15) is 12.4 Å². The predicted octanol–water partition coefficient (Wildman–Crippen LogP) is 3.04. The van der Waals surface area contributed by atoms with Gasteiger partial charge in [-0.15, -0.1) is 0 Å². The second-order valence-electron chi connectivity index (χ2n) is 6.03. The molecule has 4 heteroatoms. The fraction of sp³-hybridized carbons (Fsp3) is 0.350. The normalized spacial score (nSPS) is 15.3. The van der Waals surface area contributed by atoms with Crippen LogP contribution in [0.4, 0.5) is 0 Å². The summed E-state index contributed by atoms with van der Waals surface area (Å²) in [4.78, 5) is 17.0. The van der Waals surface area contributed by atoms with Crippen molar-refractivity contribution in [2.75, 3.05) is 32.7 Å². The van der Waals surface area contributed by atoms with Crippen molar-refractivity contribution in [2.24, 2.45) is 0 Å². The molecule has 0 spiro atoms. The van der Waals surface area contributed by atoms with Crippen LogP contribution in [0.2, 0.25) is 0 Å². The SMILES string of the molecule is CCN1CCN(C(=O)c2cccc(OCc3ccccc3)c2)CC1. The number of rotatable bonds is 5. The average molecular weight is 324 g/mol. The molecule has 0 aliphatic carbocycles. The van der Waals surface area contributed by atoms with Crippen molar-refractivity contribution in [1.29, 1.82) is 0 Å². The molecule has 0 saturated carbocycles. The summed E-state index contributed by atoms with van der Waals surface area (Å²) in [5.74, 6) is 0.827. The zero-order valence-electron chi connectivity index (χ0n) is 14.1. The van der Waals surface area contributed by atoms with Crippen molar-refractivity contribution in [3.05, 3.63) is 65.7 Å². The maximum atomic E-state index is 12.7. The van der Waals surface area contributed by atoms with Gasteiger partial charge in [-0.3, -0.25) is 4.79 Å². The molecule has 1 fully saturated rings. The number of piperazine rings is 1. The van der Waals surface area contributed by atoms with E-state index in [1.54, 1.807) is 0 Å². The number of benzene rings is 2. The first-order valence-corrected chi connectivity index (χ1v) is 8.54. The summed E-state index contributed by atoms with van der Waals surface area (Å²) >= 11 is 0. The van der Waals surface area contributed by atoms with Gasteiger partial charge in [-0.25, -0.2) is 0 Å². The standard InChI is InChI=1S/C20H24N2O2/c1-2-21-11-13-22(14-12-21)20(23)18-9-6-10-19(15-18)24-16-17-7-4-3-5-8-17/h3-10,15H,2,11-14,16H2,1H3. The lowest BCUT2D eigenvalue weighted by atomic mass is 10.1. The second-order valence-corrected chi connectivity index (χ2v) is 6.03. The first-order valence-electron chi connectivity index (χ1n) is 8.54. The molecule has 3 rings (SSSR count). The van der Waals surface area contributed by atoms with Crippen molar-refractivity contribution in [3.8, 4) is 5.75 Å². The van der Waals surface area contributed by atoms with Gasteiger partial charge in [0.15, 0.2) is 0 Å². The highest BCUT2D eigenvalue weighted by molar-refractivity contribution is 5.94. The third kappa shape index (κ3) is 4.15. The van der Waals surface area contributed by atoms with Gasteiger partial charge in [0.2, 0.25) is 0 Å². The molecule has 1 aliphatic heterocycles. The Morgan fingerprint density at radius 1 is 1.00 bits per heavy atom. The summed E-state index contributed by atoms with van der Waals surface area (Å²) in [6.45, 7) is 7.20. The number of ether oxygens (including phenoxy) is 1. The molecule has 24 heavy (non-hydrogen) atoms. The van der Waals surface area contributed by atoms with Crippen LogP contribution in [0.3, 0.4) is 0 Å². The topological polar surface area (TPSA) is 32.8 Å². The highest BCUT2D eigenvalue weighted by Gasteiger charge is 2.21. The molecular formula is C20H24N2O2. The van der Waals surface area contributed by atoms with E-state index < -0.39 is 0 Å². The number of likely N-dealkylation sites (N-methyl/N-ethyl adjacent to an activating group) is 1. The minimum Gasteiger partial charge on any atom is -0.489 e. The van der Waals surface area contributed by atoms with E-state index >= 15 is 0 Å². The molecule has 0 N–H and O–H groups in total. The molecule has 126 valence electrons. The zero-order chi connectivity index (χ0) is 16.8. The minimum atomic E-state index is 0.0934. The van der Waals surface area contributed by atoms with E-state index in [0.717, 1.165) is 44.0 Å². The molecule has 1 heterocycles. The summed E-state index contributed by atoms with van der Waals surface area (Å²) in [5, 5.41) is 0. The van der Waals surface area contributed by atoms with Crippen LogP contribution in [0.1, 0.15) is 22.8 Å². The van der Waals surface area contributed by atoms with Gasteiger partial charge in [0, 0.05) is 31.7 Å². The lowest BCUT2D eigenvalue weighted by Crippen LogP contribution is -2.48. The van der Waals surface area contributed by atoms with Crippen molar-refractivity contribution < 1.29 is 9.53 Å². The van der Waals surface area contributed by atoms with E-state index in [4.69, 9.17) is 4.74 Å². The van der Waals surface area contributed by atoms with E-state index in [0.29, 0.717) is 12.2 Å². The van der Waals surface area contributed by atoms with Gasteiger partial charge >= 0.3 is 0 Å². The highest BCUT2D eigenvalue weighted by atomic mass is 16.5. The number of hydrogen-bond acceptors (Lipinski definition) is 3. The van der Waals surface area contributed by atoms with Crippen molar-refractivity contribution >= 4 is 5.91 Å². The molecule has 0 aromatic heterocycles. The van der Waals surface area contributed by atoms with Crippen LogP contribution in [-0.2, 0) is 6.61 Å². The molecule has 0 unspecified atom stereocenters. The number of hydrogen-bond donors (Lipinski definition) is 0. The van der Waals surface area contributed by atoms with E-state index in [1.165, 1.54) is 0 Å². The fourth-order valence-electron chi connectivity index (χ4n) is 2.91. The lowest BCUT2D eigenvalue weighted by Gasteiger charge is -2.34. The Balaban J connectivity index is 1.61. The molecule has 2 aromatic carbocycles. The van der Waals surface area contributed by atoms with Gasteiger partial charge in [-0.1, -0.05) is 43.3 Å². The molecular weight excluding hydrogens is 300 g/mol. The Labute approximate surface area is 143 Å². The summed E-state index contributed by atoms with van der Waals surface area (Å²) in [5.41, 5.74) is 1.82. The molecule has 0 radical (unpaired) electrons. The smallest absolute Gasteiger partial charge is 0.254 e. The monoisotopic (exact) mass is 324 g/mol. The Bertz CT molecular complexity index is 664. The van der Waals surface area contributed by atoms with Crippen molar-refractivity contribution in [2.45, 2.75) is 13.5 Å². The number of carbonyl (C=O) groups excluding carboxylic acids is 1. The molecule has 2 aromatic rings. The summed E-state index contributed by atoms with van der Waals surface area (Å²) < 4.78 is 5.83. The fourth-order valence-corrected chi connectivity index (χ4v) is 2.91. The summed E-state index contributed by atoms with van der Waals surface area (Å²) in [7, 11) is 0. The van der Waals surface area contributed by atoms with Gasteiger partial charge in [-0.05, 0) is 30.3 Å². The quantitative estimate of drug-likeness (QED) is 0.847. The molecule has 1 amide bonds. The van der Waals surface area contributed by atoms with Gasteiger partial charge < -0.3 is 14.5 Å². The van der Waals surface area contributed by atoms with E-state index in [1.807, 2.05) is 59.5 Å². The Kier molecular flexibility index (Phi) is 5.49. The zero-order valence-corrected chi connectivity index (χ0v) is 14.1. The maximum absolute atomic E-state index is 12.7. The lowest BCUT2D eigenvalue weighted by molar-refractivity contribution is 0.0643. The summed E-state index contributed by atoms with van der Waals surface area (Å²) in [6, 6.07) is 17.5. The van der Waals surface area contributed by atoms with E-state index in [9.17, 15) is 4.79 Å². The van der Waals surface area contributed by atoms with Crippen LogP contribution in [0.15, 0.2) is 54.6 Å². The van der Waals surface area contributed by atoms with Gasteiger partial charge in [0.05, 0.1) is 0 Å². The molecule has 4 nitrogen and oxygen atoms in total. The Morgan fingerprint density at radius 2 is 1.75 bits per heavy atom. The first-order chi connectivity index (χ1) is 11.8. The number of carbonyl (C=O) groups is 1. The number of amides is 1. The Morgan fingerprint density at radius 3 is 2.46 bits per heavy atom. The van der Waals surface area contributed by atoms with Crippen LogP contribution in [0.25, 0.3) is 0 Å². The highest BCUT2D eigenvalue weighted by Crippen LogP contribution is 2.17. The first kappa shape index (κ1) is 16.5. The van der Waals surface area contributed by atoms with Crippen LogP contribution in [0, 0.1) is 0 Å². The molecule has 0 atom stereocenters. The van der Waals surface area contributed by atoms with E-state index in [2.05, 4.69) is 11.8 Å². The Hall–Kier alpha value is -2.33. The average Bonchev–Trinajstić information content (AvgIpc) is 2.67. The van der Waals surface area contributed by atoms with Crippen LogP contribution in [-0.4, -0.2) is 48.4 Å². The third-order valence-corrected chi connectivity index (χ3v) is 4.44. The minimum absolute atomic E-state index is 0.0934. The van der Waals surface area contributed by atoms with Crippen LogP contribution in [0.5, 0.6) is 5.75 Å². The van der Waals surface area contributed by atoms with Gasteiger partial charge in [0.25, 0.3) is 5.91 Å². The van der Waals surface area contributed by atoms with Crippen molar-refractivity contribution in [1.82, 2.24) is 9.80 Å². The molecule has 0 bridgehead atoms. The maximum Gasteiger partial charge on any atom is 0.254 e. The van der Waals surface area contributed by atoms with E-state index in [-0.39, 0.29) is 5.91 Å². The molecule has 1 saturated heterocycles. The van der Waals surface area contributed by atoms with Crippen molar-refractivity contribution in [3.63, 3.8) is 0 Å². The second kappa shape index (κ2) is 7.97.